The molecule has 3 rings (SSSR count). The number of methoxy groups -OCH3 is 1. The molecular weight excluding hydrogens is 426 g/mol. The summed E-state index contributed by atoms with van der Waals surface area (Å²) in [5, 5.41) is 14.3. The number of thiazole rings is 1. The quantitative estimate of drug-likeness (QED) is 0.449. The number of carboxylic acids is 1. The molecule has 3 aromatic rings. The Kier molecular flexibility index (Phi) is 7.62. The fraction of sp³-hybridized carbons (Fsp3) is 0.208. The van der Waals surface area contributed by atoms with Crippen LogP contribution in [-0.2, 0) is 11.3 Å². The molecule has 1 amide bonds. The third-order valence-electron chi connectivity index (χ3n) is 4.79. The molecule has 166 valence electrons. The summed E-state index contributed by atoms with van der Waals surface area (Å²) in [7, 11) is 1.64. The van der Waals surface area contributed by atoms with E-state index in [1.54, 1.807) is 30.6 Å². The highest BCUT2D eigenvalue weighted by Crippen LogP contribution is 2.30. The van der Waals surface area contributed by atoms with Crippen molar-refractivity contribution in [1.29, 1.82) is 0 Å². The van der Waals surface area contributed by atoms with Gasteiger partial charge in [-0.3, -0.25) is 9.59 Å². The summed E-state index contributed by atoms with van der Waals surface area (Å²) in [6.07, 6.45) is 1.82. The molecule has 1 aromatic heterocycles. The number of hydrogen-bond acceptors (Lipinski definition) is 6. The van der Waals surface area contributed by atoms with E-state index < -0.39 is 17.9 Å². The van der Waals surface area contributed by atoms with Crippen LogP contribution in [0, 0.1) is 0 Å². The van der Waals surface area contributed by atoms with Crippen molar-refractivity contribution in [2.24, 2.45) is 0 Å². The fourth-order valence-electron chi connectivity index (χ4n) is 3.01. The van der Waals surface area contributed by atoms with Gasteiger partial charge < -0.3 is 20.1 Å². The first-order chi connectivity index (χ1) is 15.4. The minimum atomic E-state index is -1.08. The average molecular weight is 452 g/mol. The normalized spacial score (nSPS) is 11.4. The van der Waals surface area contributed by atoms with Crippen LogP contribution in [0.2, 0.25) is 0 Å². The third-order valence-corrected chi connectivity index (χ3v) is 5.69. The van der Waals surface area contributed by atoms with Crippen LogP contribution < -0.4 is 15.0 Å². The van der Waals surface area contributed by atoms with Gasteiger partial charge in [0.2, 0.25) is 0 Å². The molecule has 2 aromatic carbocycles. The van der Waals surface area contributed by atoms with Crippen molar-refractivity contribution >= 4 is 28.3 Å². The molecule has 0 radical (unpaired) electrons. The number of carboxylic acid groups (broad SMARTS) is 1. The summed E-state index contributed by atoms with van der Waals surface area (Å²) in [6.45, 7) is 6.48. The van der Waals surface area contributed by atoms with Gasteiger partial charge in [-0.05, 0) is 36.8 Å². The van der Waals surface area contributed by atoms with E-state index in [0.29, 0.717) is 18.7 Å². The van der Waals surface area contributed by atoms with E-state index >= 15 is 0 Å². The van der Waals surface area contributed by atoms with Crippen molar-refractivity contribution in [3.63, 3.8) is 0 Å². The number of ether oxygens (including phenoxy) is 1. The summed E-state index contributed by atoms with van der Waals surface area (Å²) in [5.74, 6) is -0.717. The summed E-state index contributed by atoms with van der Waals surface area (Å²) in [6, 6.07) is 13.9. The molecule has 1 heterocycles. The molecule has 0 saturated carbocycles. The third kappa shape index (κ3) is 5.73. The van der Waals surface area contributed by atoms with Crippen molar-refractivity contribution < 1.29 is 19.4 Å². The SMILES string of the molecule is C=CCN(Cc1ccc(C(=O)NC(C)C(=O)O)cc1)c1nc(-c2cccc(OC)c2)cs1. The van der Waals surface area contributed by atoms with Gasteiger partial charge in [0.15, 0.2) is 5.13 Å². The lowest BCUT2D eigenvalue weighted by Crippen LogP contribution is -2.38. The van der Waals surface area contributed by atoms with E-state index in [4.69, 9.17) is 14.8 Å². The Morgan fingerprint density at radius 2 is 2.03 bits per heavy atom. The largest absolute Gasteiger partial charge is 0.497 e. The van der Waals surface area contributed by atoms with E-state index in [9.17, 15) is 9.59 Å². The van der Waals surface area contributed by atoms with Crippen LogP contribution in [0.25, 0.3) is 11.3 Å². The van der Waals surface area contributed by atoms with Crippen LogP contribution in [0.5, 0.6) is 5.75 Å². The van der Waals surface area contributed by atoms with Crippen LogP contribution in [0.1, 0.15) is 22.8 Å². The molecule has 1 atom stereocenters. The lowest BCUT2D eigenvalue weighted by molar-refractivity contribution is -0.138. The van der Waals surface area contributed by atoms with Gasteiger partial charge in [-0.25, -0.2) is 4.98 Å². The maximum atomic E-state index is 12.2. The van der Waals surface area contributed by atoms with E-state index in [1.807, 2.05) is 47.9 Å². The molecule has 0 fully saturated rings. The number of hydrogen-bond donors (Lipinski definition) is 2. The van der Waals surface area contributed by atoms with Gasteiger partial charge in [0, 0.05) is 29.6 Å². The monoisotopic (exact) mass is 451 g/mol. The highest BCUT2D eigenvalue weighted by Gasteiger charge is 2.16. The van der Waals surface area contributed by atoms with Crippen LogP contribution >= 0.6 is 11.3 Å². The van der Waals surface area contributed by atoms with Crippen molar-refractivity contribution in [1.82, 2.24) is 10.3 Å². The maximum Gasteiger partial charge on any atom is 0.325 e. The molecular formula is C24H25N3O4S. The predicted molar refractivity (Wildman–Crippen MR) is 126 cm³/mol. The molecule has 32 heavy (non-hydrogen) atoms. The van der Waals surface area contributed by atoms with Gasteiger partial charge >= 0.3 is 5.97 Å². The molecule has 0 aliphatic rings. The molecule has 0 aliphatic heterocycles. The number of benzene rings is 2. The number of carbonyl (C=O) groups is 2. The van der Waals surface area contributed by atoms with Gasteiger partial charge in [-0.15, -0.1) is 17.9 Å². The first-order valence-corrected chi connectivity index (χ1v) is 10.9. The van der Waals surface area contributed by atoms with Gasteiger partial charge in [0.1, 0.15) is 11.8 Å². The topological polar surface area (TPSA) is 91.8 Å². The number of rotatable bonds is 10. The Hall–Kier alpha value is -3.65. The second-order valence-corrected chi connectivity index (χ2v) is 7.98. The predicted octanol–water partition coefficient (Wildman–Crippen LogP) is 4.21. The van der Waals surface area contributed by atoms with Crippen molar-refractivity contribution in [3.8, 4) is 17.0 Å². The average Bonchev–Trinajstić information content (AvgIpc) is 3.29. The number of amides is 1. The highest BCUT2D eigenvalue weighted by atomic mass is 32.1. The molecule has 1 unspecified atom stereocenters. The summed E-state index contributed by atoms with van der Waals surface area (Å²) >= 11 is 1.55. The van der Waals surface area contributed by atoms with Gasteiger partial charge in [0.05, 0.1) is 12.8 Å². The van der Waals surface area contributed by atoms with Crippen molar-refractivity contribution in [2.75, 3.05) is 18.6 Å². The number of aliphatic carboxylic acids is 1. The fourth-order valence-corrected chi connectivity index (χ4v) is 3.86. The molecule has 8 heteroatoms. The summed E-state index contributed by atoms with van der Waals surface area (Å²) in [5.41, 5.74) is 3.26. The molecule has 2 N–H and O–H groups in total. The molecule has 0 spiro atoms. The minimum Gasteiger partial charge on any atom is -0.497 e. The van der Waals surface area contributed by atoms with E-state index in [2.05, 4.69) is 16.8 Å². The molecule has 0 saturated heterocycles. The van der Waals surface area contributed by atoms with Crippen LogP contribution in [0.15, 0.2) is 66.6 Å². The Morgan fingerprint density at radius 1 is 1.28 bits per heavy atom. The Labute approximate surface area is 191 Å². The van der Waals surface area contributed by atoms with Gasteiger partial charge in [-0.2, -0.15) is 0 Å². The first kappa shape index (κ1) is 23.0. The van der Waals surface area contributed by atoms with Crippen molar-refractivity contribution in [3.05, 3.63) is 77.7 Å². The van der Waals surface area contributed by atoms with Crippen molar-refractivity contribution in [2.45, 2.75) is 19.5 Å². The van der Waals surface area contributed by atoms with E-state index in [1.165, 1.54) is 6.92 Å². The smallest absolute Gasteiger partial charge is 0.325 e. The molecule has 0 bridgehead atoms. The second-order valence-electron chi connectivity index (χ2n) is 7.15. The number of anilines is 1. The zero-order chi connectivity index (χ0) is 23.1. The van der Waals surface area contributed by atoms with E-state index in [-0.39, 0.29) is 0 Å². The number of aromatic nitrogens is 1. The number of nitrogens with one attached hydrogen (secondary N) is 1. The standard InChI is InChI=1S/C24H25N3O4S/c1-4-12-27(24-26-21(15-32-24)19-6-5-7-20(13-19)31-3)14-17-8-10-18(11-9-17)22(28)25-16(2)23(29)30/h4-11,13,15-16H,1,12,14H2,2-3H3,(H,25,28)(H,29,30). The second kappa shape index (κ2) is 10.6. The Morgan fingerprint density at radius 3 is 2.69 bits per heavy atom. The Bertz CT molecular complexity index is 1090. The maximum absolute atomic E-state index is 12.2. The van der Waals surface area contributed by atoms with Crippen LogP contribution in [-0.4, -0.2) is 41.7 Å². The highest BCUT2D eigenvalue weighted by molar-refractivity contribution is 7.14. The minimum absolute atomic E-state index is 0.409. The number of nitrogens with zero attached hydrogens (tertiary/aromatic N) is 2. The zero-order valence-corrected chi connectivity index (χ0v) is 18.8. The Balaban J connectivity index is 1.73. The number of carbonyl (C=O) groups excluding carboxylic acids is 1. The molecule has 0 aliphatic carbocycles. The van der Waals surface area contributed by atoms with Gasteiger partial charge in [0.25, 0.3) is 5.91 Å². The lowest BCUT2D eigenvalue weighted by Gasteiger charge is -2.20. The van der Waals surface area contributed by atoms with Crippen LogP contribution in [0.3, 0.4) is 0 Å². The summed E-state index contributed by atoms with van der Waals surface area (Å²) < 4.78 is 5.30. The zero-order valence-electron chi connectivity index (χ0n) is 17.9. The lowest BCUT2D eigenvalue weighted by atomic mass is 10.1. The molecule has 7 nitrogen and oxygen atoms in total. The summed E-state index contributed by atoms with van der Waals surface area (Å²) in [4.78, 5) is 30.0. The van der Waals surface area contributed by atoms with Crippen LogP contribution in [0.4, 0.5) is 5.13 Å². The van der Waals surface area contributed by atoms with E-state index in [0.717, 1.165) is 27.7 Å². The first-order valence-electron chi connectivity index (χ1n) is 9.99. The van der Waals surface area contributed by atoms with Gasteiger partial charge in [-0.1, -0.05) is 30.3 Å².